The summed E-state index contributed by atoms with van der Waals surface area (Å²) in [5.41, 5.74) is 2.26. The largest absolute Gasteiger partial charge is 0.334 e. The Balaban J connectivity index is 2.03. The number of fused-ring (bicyclic) bond motifs is 1. The van der Waals surface area contributed by atoms with E-state index >= 15 is 0 Å². The first-order valence-electron chi connectivity index (χ1n) is 6.90. The standard InChI is InChI=1S/C17H14N4OS/c1-4-15(22)20-13-7-14-12(10-21(3)17(14)19-9-13)5-6-16-18-8-11(2)23-16/h4,7-10H,1H2,2-3H3,(H,20,22). The number of amides is 1. The second kappa shape index (κ2) is 6.07. The summed E-state index contributed by atoms with van der Waals surface area (Å²) in [6.07, 6.45) is 6.57. The van der Waals surface area contributed by atoms with Gasteiger partial charge in [0.05, 0.1) is 17.4 Å². The second-order valence-electron chi connectivity index (χ2n) is 4.97. The van der Waals surface area contributed by atoms with Gasteiger partial charge in [0.1, 0.15) is 5.65 Å². The number of aromatic nitrogens is 3. The van der Waals surface area contributed by atoms with E-state index in [1.165, 1.54) is 6.08 Å². The summed E-state index contributed by atoms with van der Waals surface area (Å²) in [6.45, 7) is 5.44. The molecule has 1 amide bonds. The average molecular weight is 322 g/mol. The summed E-state index contributed by atoms with van der Waals surface area (Å²) in [5.74, 6) is 5.94. The van der Waals surface area contributed by atoms with Crippen LogP contribution < -0.4 is 5.32 Å². The first-order chi connectivity index (χ1) is 11.1. The highest BCUT2D eigenvalue weighted by atomic mass is 32.1. The van der Waals surface area contributed by atoms with Crippen molar-refractivity contribution in [2.24, 2.45) is 7.05 Å². The average Bonchev–Trinajstić information content (AvgIpc) is 3.09. The minimum Gasteiger partial charge on any atom is -0.334 e. The zero-order chi connectivity index (χ0) is 16.4. The summed E-state index contributed by atoms with van der Waals surface area (Å²) >= 11 is 1.56. The highest BCUT2D eigenvalue weighted by Crippen LogP contribution is 2.22. The second-order valence-corrected chi connectivity index (χ2v) is 6.20. The molecule has 23 heavy (non-hydrogen) atoms. The monoisotopic (exact) mass is 322 g/mol. The molecular weight excluding hydrogens is 308 g/mol. The minimum atomic E-state index is -0.270. The molecule has 0 aromatic carbocycles. The fourth-order valence-electron chi connectivity index (χ4n) is 2.16. The Kier molecular flexibility index (Phi) is 3.96. The molecule has 0 fully saturated rings. The Morgan fingerprint density at radius 2 is 2.22 bits per heavy atom. The van der Waals surface area contributed by atoms with Gasteiger partial charge in [-0.2, -0.15) is 0 Å². The highest BCUT2D eigenvalue weighted by molar-refractivity contribution is 7.12. The van der Waals surface area contributed by atoms with Gasteiger partial charge >= 0.3 is 0 Å². The van der Waals surface area contributed by atoms with Crippen molar-refractivity contribution in [3.63, 3.8) is 0 Å². The lowest BCUT2D eigenvalue weighted by molar-refractivity contribution is -0.111. The van der Waals surface area contributed by atoms with Crippen LogP contribution in [-0.2, 0) is 11.8 Å². The van der Waals surface area contributed by atoms with Crippen molar-refractivity contribution >= 4 is 34.0 Å². The molecule has 1 N–H and O–H groups in total. The van der Waals surface area contributed by atoms with Crippen molar-refractivity contribution in [1.82, 2.24) is 14.5 Å². The first kappa shape index (κ1) is 15.0. The molecule has 5 nitrogen and oxygen atoms in total. The minimum absolute atomic E-state index is 0.270. The summed E-state index contributed by atoms with van der Waals surface area (Å²) in [6, 6.07) is 1.86. The third-order valence-corrected chi connectivity index (χ3v) is 4.02. The van der Waals surface area contributed by atoms with Gasteiger partial charge in [0.15, 0.2) is 5.01 Å². The molecular formula is C17H14N4OS. The molecule has 6 heteroatoms. The molecule has 0 radical (unpaired) electrons. The van der Waals surface area contributed by atoms with Gasteiger partial charge in [-0.15, -0.1) is 11.3 Å². The fraction of sp³-hybridized carbons (Fsp3) is 0.118. The van der Waals surface area contributed by atoms with Crippen LogP contribution in [0.4, 0.5) is 5.69 Å². The van der Waals surface area contributed by atoms with Crippen LogP contribution >= 0.6 is 11.3 Å². The third kappa shape index (κ3) is 3.15. The maximum atomic E-state index is 11.4. The lowest BCUT2D eigenvalue weighted by Crippen LogP contribution is -2.07. The molecule has 3 aromatic rings. The SMILES string of the molecule is C=CC(=O)Nc1cnc2c(c1)c(C#Cc1ncc(C)s1)cn2C. The van der Waals surface area contributed by atoms with Gasteiger partial charge < -0.3 is 9.88 Å². The maximum Gasteiger partial charge on any atom is 0.247 e. The molecule has 0 aliphatic carbocycles. The predicted molar refractivity (Wildman–Crippen MR) is 92.4 cm³/mol. The normalized spacial score (nSPS) is 10.2. The van der Waals surface area contributed by atoms with Crippen molar-refractivity contribution in [3.8, 4) is 11.8 Å². The fourth-order valence-corrected chi connectivity index (χ4v) is 2.77. The Hall–Kier alpha value is -2.91. The summed E-state index contributed by atoms with van der Waals surface area (Å²) in [4.78, 5) is 21.2. The summed E-state index contributed by atoms with van der Waals surface area (Å²) in [5, 5.41) is 4.38. The van der Waals surface area contributed by atoms with Gasteiger partial charge in [0.2, 0.25) is 5.91 Å². The number of nitrogens with zero attached hydrogens (tertiary/aromatic N) is 3. The first-order valence-corrected chi connectivity index (χ1v) is 7.71. The highest BCUT2D eigenvalue weighted by Gasteiger charge is 2.08. The zero-order valence-corrected chi connectivity index (χ0v) is 13.6. The quantitative estimate of drug-likeness (QED) is 0.583. The Labute approximate surface area is 137 Å². The Bertz CT molecular complexity index is 972. The van der Waals surface area contributed by atoms with Crippen LogP contribution in [0.25, 0.3) is 11.0 Å². The van der Waals surface area contributed by atoms with Gasteiger partial charge in [0, 0.05) is 29.7 Å². The van der Waals surface area contributed by atoms with Crippen molar-refractivity contribution in [2.45, 2.75) is 6.92 Å². The number of hydrogen-bond acceptors (Lipinski definition) is 4. The van der Waals surface area contributed by atoms with E-state index in [-0.39, 0.29) is 5.91 Å². The summed E-state index contributed by atoms with van der Waals surface area (Å²) in [7, 11) is 1.91. The van der Waals surface area contributed by atoms with E-state index in [2.05, 4.69) is 33.7 Å². The van der Waals surface area contributed by atoms with Crippen molar-refractivity contribution in [3.05, 3.63) is 52.8 Å². The molecule has 0 bridgehead atoms. The molecule has 3 heterocycles. The van der Waals surface area contributed by atoms with E-state index in [4.69, 9.17) is 0 Å². The number of hydrogen-bond donors (Lipinski definition) is 1. The maximum absolute atomic E-state index is 11.4. The van der Waals surface area contributed by atoms with Crippen LogP contribution in [0.5, 0.6) is 0 Å². The number of anilines is 1. The van der Waals surface area contributed by atoms with Gasteiger partial charge in [-0.25, -0.2) is 9.97 Å². The van der Waals surface area contributed by atoms with Crippen molar-refractivity contribution in [1.29, 1.82) is 0 Å². The molecule has 0 aliphatic heterocycles. The molecule has 3 rings (SSSR count). The Morgan fingerprint density at radius 3 is 2.91 bits per heavy atom. The van der Waals surface area contributed by atoms with Crippen LogP contribution in [-0.4, -0.2) is 20.4 Å². The molecule has 0 saturated carbocycles. The zero-order valence-electron chi connectivity index (χ0n) is 12.8. The number of pyridine rings is 1. The van der Waals surface area contributed by atoms with E-state index in [0.29, 0.717) is 5.69 Å². The van der Waals surface area contributed by atoms with Gasteiger partial charge in [-0.05, 0) is 25.0 Å². The smallest absolute Gasteiger partial charge is 0.247 e. The van der Waals surface area contributed by atoms with Crippen LogP contribution in [0.3, 0.4) is 0 Å². The van der Waals surface area contributed by atoms with Crippen LogP contribution in [0.1, 0.15) is 15.4 Å². The number of carbonyl (C=O) groups excluding carboxylic acids is 1. The summed E-state index contributed by atoms with van der Waals surface area (Å²) < 4.78 is 1.91. The van der Waals surface area contributed by atoms with Gasteiger partial charge in [0.25, 0.3) is 0 Å². The van der Waals surface area contributed by atoms with Gasteiger partial charge in [-0.3, -0.25) is 4.79 Å². The number of rotatable bonds is 2. The molecule has 114 valence electrons. The van der Waals surface area contributed by atoms with Crippen LogP contribution in [0.15, 0.2) is 37.3 Å². The number of carbonyl (C=O) groups is 1. The van der Waals surface area contributed by atoms with Crippen molar-refractivity contribution in [2.75, 3.05) is 5.32 Å². The predicted octanol–water partition coefficient (Wildman–Crippen LogP) is 2.86. The number of nitrogens with one attached hydrogen (secondary N) is 1. The van der Waals surface area contributed by atoms with E-state index in [1.54, 1.807) is 17.5 Å². The van der Waals surface area contributed by atoms with E-state index in [9.17, 15) is 4.79 Å². The molecule has 0 atom stereocenters. The number of thiazole rings is 1. The van der Waals surface area contributed by atoms with Gasteiger partial charge in [-0.1, -0.05) is 12.5 Å². The molecule has 3 aromatic heterocycles. The lowest BCUT2D eigenvalue weighted by atomic mass is 10.2. The Morgan fingerprint density at radius 1 is 1.39 bits per heavy atom. The van der Waals surface area contributed by atoms with E-state index < -0.39 is 0 Å². The van der Waals surface area contributed by atoms with E-state index in [0.717, 1.165) is 26.5 Å². The van der Waals surface area contributed by atoms with Crippen molar-refractivity contribution < 1.29 is 4.79 Å². The molecule has 0 spiro atoms. The van der Waals surface area contributed by atoms with Crippen LogP contribution in [0, 0.1) is 18.8 Å². The number of aryl methyl sites for hydroxylation is 2. The van der Waals surface area contributed by atoms with E-state index in [1.807, 2.05) is 37.0 Å². The molecule has 0 aliphatic rings. The topological polar surface area (TPSA) is 59.8 Å². The molecule has 0 saturated heterocycles. The van der Waals surface area contributed by atoms with Crippen LogP contribution in [0.2, 0.25) is 0 Å². The molecule has 0 unspecified atom stereocenters. The third-order valence-electron chi connectivity index (χ3n) is 3.19. The lowest BCUT2D eigenvalue weighted by Gasteiger charge is -2.02.